The van der Waals surface area contributed by atoms with Crippen LogP contribution in [0.5, 0.6) is 0 Å². The Labute approximate surface area is 183 Å². The summed E-state index contributed by atoms with van der Waals surface area (Å²) in [5.74, 6) is -0.549. The van der Waals surface area contributed by atoms with Crippen LogP contribution in [0, 0.1) is 0 Å². The summed E-state index contributed by atoms with van der Waals surface area (Å²) in [6, 6.07) is 8.64. The van der Waals surface area contributed by atoms with Gasteiger partial charge in [-0.25, -0.2) is 12.4 Å². The lowest BCUT2D eigenvalue weighted by Gasteiger charge is -2.20. The second-order valence-electron chi connectivity index (χ2n) is 5.75. The lowest BCUT2D eigenvalue weighted by atomic mass is 10.1. The predicted octanol–water partition coefficient (Wildman–Crippen LogP) is 5.23. The van der Waals surface area contributed by atoms with Crippen LogP contribution >= 0.6 is 50.9 Å². The largest absolute Gasteiger partial charge is 0.294 e. The zero-order chi connectivity index (χ0) is 20.8. The highest BCUT2D eigenvalue weighted by atomic mass is 79.9. The van der Waals surface area contributed by atoms with E-state index in [9.17, 15) is 18.0 Å². The van der Waals surface area contributed by atoms with Crippen LogP contribution in [0.15, 0.2) is 55.6 Å². The molecule has 0 fully saturated rings. The van der Waals surface area contributed by atoms with Crippen LogP contribution in [-0.4, -0.2) is 24.4 Å². The van der Waals surface area contributed by atoms with Crippen molar-refractivity contribution in [1.82, 2.24) is 3.97 Å². The number of benzene rings is 2. The molecule has 10 heteroatoms. The number of fused-ring (bicyclic) bond motifs is 1. The Morgan fingerprint density at radius 1 is 1.11 bits per heavy atom. The number of hydrogen-bond acceptors (Lipinski definition) is 5. The molecule has 0 atom stereocenters. The van der Waals surface area contributed by atoms with E-state index in [2.05, 4.69) is 15.9 Å². The second-order valence-corrected chi connectivity index (χ2v) is 10.0. The molecule has 0 unspecified atom stereocenters. The number of hydrogen-bond donors (Lipinski definition) is 0. The fraction of sp³-hybridized carbons (Fsp3) is 0.111. The molecule has 0 saturated heterocycles. The van der Waals surface area contributed by atoms with E-state index in [1.54, 1.807) is 12.3 Å². The molecule has 1 aromatic heterocycles. The minimum atomic E-state index is -4.18. The molecule has 0 aliphatic heterocycles. The van der Waals surface area contributed by atoms with E-state index in [1.165, 1.54) is 37.3 Å². The number of carbonyl (C=O) groups excluding carboxylic acids is 1. The number of aromatic nitrogens is 1. The van der Waals surface area contributed by atoms with Gasteiger partial charge in [0.15, 0.2) is 5.78 Å². The summed E-state index contributed by atoms with van der Waals surface area (Å²) in [5, 5.41) is 0.403. The monoisotopic (exact) mass is 519 g/mol. The van der Waals surface area contributed by atoms with E-state index < -0.39 is 21.2 Å². The van der Waals surface area contributed by atoms with Crippen LogP contribution in [0.1, 0.15) is 17.3 Å². The Morgan fingerprint density at radius 3 is 2.25 bits per heavy atom. The van der Waals surface area contributed by atoms with Crippen molar-refractivity contribution in [3.8, 4) is 0 Å². The second kappa shape index (κ2) is 7.84. The predicted molar refractivity (Wildman–Crippen MR) is 117 cm³/mol. The fourth-order valence-corrected chi connectivity index (χ4v) is 6.45. The zero-order valence-corrected chi connectivity index (χ0v) is 19.2. The molecule has 5 nitrogen and oxygen atoms in total. The third-order valence-electron chi connectivity index (χ3n) is 4.03. The molecule has 0 amide bonds. The molecule has 3 aromatic rings. The molecule has 146 valence electrons. The number of pyridine rings is 1. The minimum absolute atomic E-state index is 0.0166. The lowest BCUT2D eigenvalue weighted by Crippen LogP contribution is -2.25. The summed E-state index contributed by atoms with van der Waals surface area (Å²) < 4.78 is 28.4. The number of halogens is 3. The van der Waals surface area contributed by atoms with Gasteiger partial charge in [-0.2, -0.15) is 0 Å². The Bertz CT molecular complexity index is 1290. The highest BCUT2D eigenvalue weighted by Gasteiger charge is 2.29. The summed E-state index contributed by atoms with van der Waals surface area (Å²) >= 11 is 16.4. The molecule has 2 aromatic carbocycles. The smallest absolute Gasteiger partial charge is 0.269 e. The maximum absolute atomic E-state index is 13.5. The van der Waals surface area contributed by atoms with Crippen molar-refractivity contribution < 1.29 is 13.2 Å². The van der Waals surface area contributed by atoms with Gasteiger partial charge in [0.25, 0.3) is 10.0 Å². The standard InChI is InChI=1S/C18H12BrCl2NO4S2/c1-9(23)14-17(24)15-13(21)8-7-12(19)16(15)22(18(14)27-2)28(25,26)11-5-3-10(20)4-6-11/h3-8H,1-2H3. The van der Waals surface area contributed by atoms with Gasteiger partial charge in [0, 0.05) is 9.50 Å². The number of carbonyl (C=O) groups is 1. The van der Waals surface area contributed by atoms with Crippen LogP contribution < -0.4 is 5.43 Å². The van der Waals surface area contributed by atoms with E-state index >= 15 is 0 Å². The minimum Gasteiger partial charge on any atom is -0.294 e. The number of rotatable bonds is 4. The number of Topliss-reactive ketones (excluding diaryl/α,β-unsaturated/α-hetero) is 1. The van der Waals surface area contributed by atoms with Crippen molar-refractivity contribution in [3.05, 3.63) is 66.7 Å². The van der Waals surface area contributed by atoms with Gasteiger partial charge in [0.1, 0.15) is 5.03 Å². The van der Waals surface area contributed by atoms with Crippen LogP contribution in [0.3, 0.4) is 0 Å². The molecular formula is C18H12BrCl2NO4S2. The van der Waals surface area contributed by atoms with E-state index in [0.717, 1.165) is 15.7 Å². The number of thioether (sulfide) groups is 1. The Hall–Kier alpha value is -1.32. The molecule has 0 aliphatic carbocycles. The highest BCUT2D eigenvalue weighted by Crippen LogP contribution is 2.35. The molecule has 0 N–H and O–H groups in total. The summed E-state index contributed by atoms with van der Waals surface area (Å²) in [5.41, 5.74) is -0.764. The van der Waals surface area contributed by atoms with Crippen molar-refractivity contribution in [3.63, 3.8) is 0 Å². The third-order valence-corrected chi connectivity index (χ3v) is 7.84. The SMILES string of the molecule is CSc1c(C(C)=O)c(=O)c2c(Cl)ccc(Br)c2n1S(=O)(=O)c1ccc(Cl)cc1. The van der Waals surface area contributed by atoms with Gasteiger partial charge >= 0.3 is 0 Å². The van der Waals surface area contributed by atoms with E-state index in [-0.39, 0.29) is 31.4 Å². The van der Waals surface area contributed by atoms with Crippen molar-refractivity contribution in [2.75, 3.05) is 6.26 Å². The highest BCUT2D eigenvalue weighted by molar-refractivity contribution is 9.10. The average molecular weight is 521 g/mol. The van der Waals surface area contributed by atoms with Gasteiger partial charge in [-0.05, 0) is 65.5 Å². The molecule has 1 heterocycles. The Morgan fingerprint density at radius 2 is 1.71 bits per heavy atom. The normalized spacial score (nSPS) is 11.8. The maximum Gasteiger partial charge on any atom is 0.269 e. The molecule has 0 spiro atoms. The first-order valence-electron chi connectivity index (χ1n) is 7.74. The van der Waals surface area contributed by atoms with Gasteiger partial charge < -0.3 is 0 Å². The number of ketones is 1. The van der Waals surface area contributed by atoms with Crippen molar-refractivity contribution >= 4 is 77.6 Å². The molecule has 3 rings (SSSR count). The molecule has 28 heavy (non-hydrogen) atoms. The molecule has 0 radical (unpaired) electrons. The van der Waals surface area contributed by atoms with E-state index in [0.29, 0.717) is 9.50 Å². The quantitative estimate of drug-likeness (QED) is 0.347. The summed E-state index contributed by atoms with van der Waals surface area (Å²) in [4.78, 5) is 25.2. The van der Waals surface area contributed by atoms with E-state index in [4.69, 9.17) is 23.2 Å². The summed E-state index contributed by atoms with van der Waals surface area (Å²) in [6.07, 6.45) is 1.60. The van der Waals surface area contributed by atoms with Crippen molar-refractivity contribution in [2.24, 2.45) is 0 Å². The van der Waals surface area contributed by atoms with E-state index in [1.807, 2.05) is 0 Å². The summed E-state index contributed by atoms with van der Waals surface area (Å²) in [6.45, 7) is 1.22. The Balaban J connectivity index is 2.64. The number of nitrogens with zero attached hydrogens (tertiary/aromatic N) is 1. The first-order chi connectivity index (χ1) is 13.1. The average Bonchev–Trinajstić information content (AvgIpc) is 2.63. The zero-order valence-electron chi connectivity index (χ0n) is 14.5. The van der Waals surface area contributed by atoms with Gasteiger partial charge in [0.2, 0.25) is 5.43 Å². The van der Waals surface area contributed by atoms with Crippen LogP contribution in [0.2, 0.25) is 10.0 Å². The van der Waals surface area contributed by atoms with Crippen molar-refractivity contribution in [2.45, 2.75) is 16.8 Å². The Kier molecular flexibility index (Phi) is 5.99. The first-order valence-corrected chi connectivity index (χ1v) is 12.0. The van der Waals surface area contributed by atoms with Gasteiger partial charge in [0.05, 0.1) is 26.4 Å². The molecular weight excluding hydrogens is 509 g/mol. The first kappa shape index (κ1) is 21.4. The summed E-state index contributed by atoms with van der Waals surface area (Å²) in [7, 11) is -4.18. The maximum atomic E-state index is 13.5. The molecule has 0 bridgehead atoms. The topological polar surface area (TPSA) is 73.2 Å². The van der Waals surface area contributed by atoms with Gasteiger partial charge in [-0.1, -0.05) is 23.2 Å². The third kappa shape index (κ3) is 3.41. The van der Waals surface area contributed by atoms with Gasteiger partial charge in [-0.3, -0.25) is 9.59 Å². The molecule has 0 saturated carbocycles. The van der Waals surface area contributed by atoms with Crippen LogP contribution in [-0.2, 0) is 10.0 Å². The van der Waals surface area contributed by atoms with Crippen molar-refractivity contribution in [1.29, 1.82) is 0 Å². The lowest BCUT2D eigenvalue weighted by molar-refractivity contribution is 0.101. The van der Waals surface area contributed by atoms with Gasteiger partial charge in [-0.15, -0.1) is 11.8 Å². The van der Waals surface area contributed by atoms with Crippen LogP contribution in [0.4, 0.5) is 0 Å². The van der Waals surface area contributed by atoms with Crippen LogP contribution in [0.25, 0.3) is 10.9 Å². The molecule has 0 aliphatic rings. The fourth-order valence-electron chi connectivity index (χ4n) is 2.82.